The van der Waals surface area contributed by atoms with Gasteiger partial charge in [-0.25, -0.2) is 0 Å². The van der Waals surface area contributed by atoms with E-state index in [1.807, 2.05) is 0 Å². The summed E-state index contributed by atoms with van der Waals surface area (Å²) in [4.78, 5) is 25.2. The Balaban J connectivity index is 1.38. The molecule has 7 rings (SSSR count). The summed E-state index contributed by atoms with van der Waals surface area (Å²) in [6, 6.07) is 7.10. The largest absolute Gasteiger partial charge is 0.481 e. The van der Waals surface area contributed by atoms with Crippen LogP contribution < -0.4 is 5.32 Å². The highest BCUT2D eigenvalue weighted by Crippen LogP contribution is 2.67. The predicted octanol–water partition coefficient (Wildman–Crippen LogP) is 6.99. The van der Waals surface area contributed by atoms with Crippen LogP contribution in [0.3, 0.4) is 0 Å². The van der Waals surface area contributed by atoms with E-state index in [-0.39, 0.29) is 22.3 Å². The molecule has 0 unspecified atom stereocenters. The van der Waals surface area contributed by atoms with E-state index in [1.165, 1.54) is 67.5 Å². The summed E-state index contributed by atoms with van der Waals surface area (Å²) in [5.41, 5.74) is 6.37. The van der Waals surface area contributed by atoms with Crippen molar-refractivity contribution in [1.82, 2.24) is 9.88 Å². The number of benzene rings is 1. The van der Waals surface area contributed by atoms with Crippen LogP contribution in [-0.2, 0) is 22.0 Å². The Bertz CT molecular complexity index is 1260. The monoisotopic (exact) mass is 516 g/mol. The molecule has 0 saturated heterocycles. The quantitative estimate of drug-likeness (QED) is 0.416. The Kier molecular flexibility index (Phi) is 5.73. The number of carboxylic acids is 1. The van der Waals surface area contributed by atoms with Gasteiger partial charge >= 0.3 is 5.97 Å². The fourth-order valence-electron chi connectivity index (χ4n) is 7.48. The third kappa shape index (κ3) is 4.21. The lowest BCUT2D eigenvalue weighted by Gasteiger charge is -2.67. The van der Waals surface area contributed by atoms with Crippen molar-refractivity contribution in [3.05, 3.63) is 52.3 Å². The summed E-state index contributed by atoms with van der Waals surface area (Å²) >= 11 is 0. The van der Waals surface area contributed by atoms with Gasteiger partial charge in [0.15, 0.2) is 0 Å². The van der Waals surface area contributed by atoms with Gasteiger partial charge in [0.05, 0.1) is 11.0 Å². The molecule has 5 aliphatic carbocycles. The first-order valence-electron chi connectivity index (χ1n) is 14.8. The van der Waals surface area contributed by atoms with Crippen LogP contribution in [-0.4, -0.2) is 27.1 Å². The van der Waals surface area contributed by atoms with E-state index in [1.54, 1.807) is 0 Å². The highest BCUT2D eigenvalue weighted by molar-refractivity contribution is 5.97. The van der Waals surface area contributed by atoms with Crippen molar-refractivity contribution in [2.75, 3.05) is 0 Å². The lowest BCUT2D eigenvalue weighted by atomic mass is 9.39. The molecule has 5 fully saturated rings. The van der Waals surface area contributed by atoms with Crippen molar-refractivity contribution in [2.45, 2.75) is 122 Å². The van der Waals surface area contributed by atoms with Gasteiger partial charge < -0.3 is 15.0 Å². The Morgan fingerprint density at radius 2 is 1.71 bits per heavy atom. The Morgan fingerprint density at radius 3 is 2.29 bits per heavy atom. The summed E-state index contributed by atoms with van der Waals surface area (Å²) in [5, 5.41) is 12.8. The van der Waals surface area contributed by atoms with E-state index in [4.69, 9.17) is 0 Å². The molecule has 0 atom stereocenters. The van der Waals surface area contributed by atoms with Gasteiger partial charge in [-0.15, -0.1) is 0 Å². The van der Waals surface area contributed by atoms with Gasteiger partial charge in [-0.2, -0.15) is 0 Å². The number of nitrogens with one attached hydrogen (secondary N) is 1. The Labute approximate surface area is 227 Å². The number of carboxylic acid groups (broad SMARTS) is 1. The SMILES string of the molecule is Cc1c(C(=O)NC23CC(C(=O)O)(C2)C3)cn(-c2cc(C(C)(C)C)cc(C3(C)CC3)c2)c1CC1CCCCC1. The highest BCUT2D eigenvalue weighted by atomic mass is 16.4. The van der Waals surface area contributed by atoms with Crippen molar-refractivity contribution in [3.8, 4) is 5.69 Å². The molecule has 1 heterocycles. The summed E-state index contributed by atoms with van der Waals surface area (Å²) in [7, 11) is 0. The van der Waals surface area contributed by atoms with Crippen LogP contribution >= 0.6 is 0 Å². The van der Waals surface area contributed by atoms with Gasteiger partial charge in [0.1, 0.15) is 0 Å². The number of amides is 1. The van der Waals surface area contributed by atoms with Gasteiger partial charge in [0, 0.05) is 23.1 Å². The molecule has 5 heteroatoms. The molecule has 0 spiro atoms. The van der Waals surface area contributed by atoms with Crippen molar-refractivity contribution in [1.29, 1.82) is 0 Å². The van der Waals surface area contributed by atoms with Crippen molar-refractivity contribution in [2.24, 2.45) is 11.3 Å². The molecule has 1 amide bonds. The lowest BCUT2D eigenvalue weighted by Crippen LogP contribution is -2.77. The number of hydrogen-bond acceptors (Lipinski definition) is 2. The third-order valence-electron chi connectivity index (χ3n) is 10.5. The second-order valence-electron chi connectivity index (χ2n) is 14.6. The van der Waals surface area contributed by atoms with Crippen LogP contribution in [0.4, 0.5) is 0 Å². The number of carbonyl (C=O) groups excluding carboxylic acids is 1. The fourth-order valence-corrected chi connectivity index (χ4v) is 7.48. The molecular weight excluding hydrogens is 472 g/mol. The Hall–Kier alpha value is -2.56. The van der Waals surface area contributed by atoms with Gasteiger partial charge in [-0.1, -0.05) is 65.9 Å². The number of rotatable bonds is 7. The summed E-state index contributed by atoms with van der Waals surface area (Å²) in [5.74, 6) is -0.109. The van der Waals surface area contributed by atoms with Gasteiger partial charge in [0.25, 0.3) is 5.91 Å². The van der Waals surface area contributed by atoms with Gasteiger partial charge in [0.2, 0.25) is 0 Å². The van der Waals surface area contributed by atoms with Crippen LogP contribution in [0.15, 0.2) is 24.4 Å². The zero-order valence-electron chi connectivity index (χ0n) is 23.9. The molecule has 0 radical (unpaired) electrons. The summed E-state index contributed by atoms with van der Waals surface area (Å²) in [6.07, 6.45) is 13.7. The third-order valence-corrected chi connectivity index (χ3v) is 10.5. The van der Waals surface area contributed by atoms with Crippen LogP contribution in [0.1, 0.15) is 125 Å². The molecule has 5 saturated carbocycles. The van der Waals surface area contributed by atoms with Crippen molar-refractivity contribution >= 4 is 11.9 Å². The second-order valence-corrected chi connectivity index (χ2v) is 14.6. The molecule has 1 aromatic heterocycles. The maximum absolute atomic E-state index is 13.7. The molecule has 2 N–H and O–H groups in total. The van der Waals surface area contributed by atoms with Gasteiger partial charge in [-0.05, 0) is 91.0 Å². The molecule has 204 valence electrons. The average Bonchev–Trinajstić information content (AvgIpc) is 3.49. The minimum absolute atomic E-state index is 0.0339. The lowest BCUT2D eigenvalue weighted by molar-refractivity contribution is -0.196. The van der Waals surface area contributed by atoms with E-state index in [0.717, 1.165) is 17.5 Å². The van der Waals surface area contributed by atoms with E-state index in [0.29, 0.717) is 25.2 Å². The molecule has 0 aliphatic heterocycles. The average molecular weight is 517 g/mol. The van der Waals surface area contributed by atoms with E-state index in [2.05, 4.69) is 68.9 Å². The van der Waals surface area contributed by atoms with Crippen molar-refractivity contribution in [3.63, 3.8) is 0 Å². The maximum atomic E-state index is 13.7. The van der Waals surface area contributed by atoms with E-state index in [9.17, 15) is 14.7 Å². The molecule has 2 aromatic rings. The normalized spacial score (nSPS) is 27.8. The minimum atomic E-state index is -0.718. The smallest absolute Gasteiger partial charge is 0.309 e. The van der Waals surface area contributed by atoms with E-state index >= 15 is 0 Å². The van der Waals surface area contributed by atoms with Crippen molar-refractivity contribution < 1.29 is 14.7 Å². The van der Waals surface area contributed by atoms with Crippen LogP contribution in [0, 0.1) is 18.3 Å². The predicted molar refractivity (Wildman–Crippen MR) is 150 cm³/mol. The standard InChI is InChI=1S/C33H44N2O3/c1-21-26(28(36)34-33-18-32(19-33,20-33)29(37)38)17-35(27(21)13-22-9-7-6-8-10-22)25-15-23(30(2,3)4)14-24(16-25)31(5)11-12-31/h14-17,22H,6-13,18-20H2,1-5H3,(H,34,36)(H,37,38). The molecular formula is C33H44N2O3. The first-order valence-corrected chi connectivity index (χ1v) is 14.8. The number of aromatic nitrogens is 1. The van der Waals surface area contributed by atoms with Crippen LogP contribution in [0.5, 0.6) is 0 Å². The molecule has 5 aliphatic rings. The number of nitrogens with zero attached hydrogens (tertiary/aromatic N) is 1. The first-order chi connectivity index (χ1) is 17.8. The van der Waals surface area contributed by atoms with Crippen LogP contribution in [0.2, 0.25) is 0 Å². The van der Waals surface area contributed by atoms with Crippen LogP contribution in [0.25, 0.3) is 5.69 Å². The zero-order valence-corrected chi connectivity index (χ0v) is 23.9. The summed E-state index contributed by atoms with van der Waals surface area (Å²) < 4.78 is 2.32. The van der Waals surface area contributed by atoms with Gasteiger partial charge in [-0.3, -0.25) is 9.59 Å². The molecule has 1 aromatic carbocycles. The number of hydrogen-bond donors (Lipinski definition) is 2. The van der Waals surface area contributed by atoms with E-state index < -0.39 is 11.4 Å². The number of aliphatic carboxylic acids is 1. The summed E-state index contributed by atoms with van der Waals surface area (Å²) in [6.45, 7) is 11.3. The fraction of sp³-hybridized carbons (Fsp3) is 0.636. The molecule has 2 bridgehead atoms. The second kappa shape index (κ2) is 8.47. The number of carbonyl (C=O) groups is 2. The Morgan fingerprint density at radius 1 is 1.05 bits per heavy atom. The minimum Gasteiger partial charge on any atom is -0.481 e. The highest BCUT2D eigenvalue weighted by Gasteiger charge is 2.72. The topological polar surface area (TPSA) is 71.3 Å². The maximum Gasteiger partial charge on any atom is 0.309 e. The zero-order chi connectivity index (χ0) is 27.1. The molecule has 5 nitrogen and oxygen atoms in total. The first kappa shape index (κ1) is 25.7. The molecule has 38 heavy (non-hydrogen) atoms.